The number of nitrogen functional groups attached to an aromatic ring is 1. The van der Waals surface area contributed by atoms with E-state index >= 15 is 0 Å². The highest BCUT2D eigenvalue weighted by molar-refractivity contribution is 6.31. The maximum absolute atomic E-state index is 10.8. The number of benzene rings is 2. The molecule has 5 nitrogen and oxygen atoms in total. The smallest absolute Gasteiger partial charge is 0.239 e. The molecule has 0 bridgehead atoms. The van der Waals surface area contributed by atoms with Gasteiger partial charge >= 0.3 is 0 Å². The number of aromatic hydroxyl groups is 2. The normalized spacial score (nSPS) is 9.59. The van der Waals surface area contributed by atoms with Crippen LogP contribution in [-0.4, -0.2) is 22.0 Å². The van der Waals surface area contributed by atoms with Crippen LogP contribution < -0.4 is 11.1 Å². The van der Waals surface area contributed by atoms with E-state index in [4.69, 9.17) is 45.6 Å². The van der Waals surface area contributed by atoms with Crippen LogP contribution >= 0.6 is 34.8 Å². The number of alkyl halides is 1. The topological polar surface area (TPSA) is 95.6 Å². The van der Waals surface area contributed by atoms with Crippen LogP contribution in [0.1, 0.15) is 0 Å². The lowest BCUT2D eigenvalue weighted by Crippen LogP contribution is -2.12. The SMILES string of the molecule is Nc1cc(Cl)ccc1O.O=C(CCl)Nc1cc(Cl)ccc1O. The van der Waals surface area contributed by atoms with Crippen LogP contribution in [0.5, 0.6) is 11.5 Å². The fourth-order valence-corrected chi connectivity index (χ4v) is 1.74. The summed E-state index contributed by atoms with van der Waals surface area (Å²) in [4.78, 5) is 10.8. The van der Waals surface area contributed by atoms with Crippen LogP contribution in [0, 0.1) is 0 Å². The molecule has 0 atom stereocenters. The Morgan fingerprint density at radius 2 is 1.59 bits per heavy atom. The van der Waals surface area contributed by atoms with Gasteiger partial charge in [-0.15, -0.1) is 11.6 Å². The van der Waals surface area contributed by atoms with Gasteiger partial charge in [-0.25, -0.2) is 0 Å². The minimum absolute atomic E-state index is 0.0390. The molecule has 0 fully saturated rings. The number of nitrogens with two attached hydrogens (primary N) is 1. The van der Waals surface area contributed by atoms with E-state index in [0.717, 1.165) is 0 Å². The number of carbonyl (C=O) groups excluding carboxylic acids is 1. The predicted octanol–water partition coefficient (Wildman–Crippen LogP) is 3.85. The third kappa shape index (κ3) is 5.89. The van der Waals surface area contributed by atoms with Crippen LogP contribution in [-0.2, 0) is 4.79 Å². The summed E-state index contributed by atoms with van der Waals surface area (Å²) in [5, 5.41) is 21.5. The Balaban J connectivity index is 0.000000235. The predicted molar refractivity (Wildman–Crippen MR) is 90.0 cm³/mol. The number of anilines is 2. The first-order chi connectivity index (χ1) is 10.3. The van der Waals surface area contributed by atoms with E-state index in [0.29, 0.717) is 15.7 Å². The van der Waals surface area contributed by atoms with Gasteiger partial charge in [-0.2, -0.15) is 0 Å². The van der Waals surface area contributed by atoms with E-state index in [2.05, 4.69) is 5.32 Å². The van der Waals surface area contributed by atoms with Gasteiger partial charge in [0.25, 0.3) is 0 Å². The summed E-state index contributed by atoms with van der Waals surface area (Å²) in [6.07, 6.45) is 0. The molecule has 0 radical (unpaired) electrons. The lowest BCUT2D eigenvalue weighted by atomic mass is 10.3. The molecule has 8 heteroatoms. The molecule has 5 N–H and O–H groups in total. The highest BCUT2D eigenvalue weighted by atomic mass is 35.5. The monoisotopic (exact) mass is 362 g/mol. The average molecular weight is 364 g/mol. The van der Waals surface area contributed by atoms with Crippen LogP contribution in [0.3, 0.4) is 0 Å². The van der Waals surface area contributed by atoms with Crippen molar-refractivity contribution in [2.24, 2.45) is 0 Å². The fourth-order valence-electron chi connectivity index (χ4n) is 1.32. The standard InChI is InChI=1S/C8H7Cl2NO2.C6H6ClNO/c9-4-8(13)11-6-3-5(10)1-2-7(6)12;7-4-1-2-6(9)5(8)3-4/h1-3,12H,4H2,(H,11,13);1-3,9H,8H2. The number of rotatable bonds is 2. The van der Waals surface area contributed by atoms with Crippen molar-refractivity contribution in [2.75, 3.05) is 16.9 Å². The van der Waals surface area contributed by atoms with Crippen LogP contribution in [0.25, 0.3) is 0 Å². The highest BCUT2D eigenvalue weighted by Gasteiger charge is 2.05. The van der Waals surface area contributed by atoms with Crippen molar-refractivity contribution < 1.29 is 15.0 Å². The van der Waals surface area contributed by atoms with E-state index in [1.165, 1.54) is 30.3 Å². The van der Waals surface area contributed by atoms with Gasteiger partial charge in [0.05, 0.1) is 11.4 Å². The molecule has 118 valence electrons. The van der Waals surface area contributed by atoms with Gasteiger partial charge in [-0.1, -0.05) is 23.2 Å². The number of hydrogen-bond acceptors (Lipinski definition) is 4. The molecule has 2 aromatic rings. The number of halogens is 3. The third-order valence-corrected chi connectivity index (χ3v) is 3.06. The first-order valence-corrected chi connectivity index (χ1v) is 7.21. The zero-order chi connectivity index (χ0) is 16.7. The average Bonchev–Trinajstić information content (AvgIpc) is 2.47. The minimum Gasteiger partial charge on any atom is -0.506 e. The Kier molecular flexibility index (Phi) is 7.11. The second-order valence-electron chi connectivity index (χ2n) is 4.05. The zero-order valence-electron chi connectivity index (χ0n) is 11.2. The molecular weight excluding hydrogens is 351 g/mol. The zero-order valence-corrected chi connectivity index (χ0v) is 13.5. The van der Waals surface area contributed by atoms with Gasteiger partial charge in [-0.3, -0.25) is 4.79 Å². The molecule has 0 saturated heterocycles. The van der Waals surface area contributed by atoms with Crippen molar-refractivity contribution in [2.45, 2.75) is 0 Å². The number of carbonyl (C=O) groups is 1. The van der Waals surface area contributed by atoms with Gasteiger partial charge in [-0.05, 0) is 36.4 Å². The molecule has 2 rings (SSSR count). The molecule has 0 aromatic heterocycles. The molecular formula is C14H13Cl3N2O3. The van der Waals surface area contributed by atoms with Crippen molar-refractivity contribution in [1.29, 1.82) is 0 Å². The summed E-state index contributed by atoms with van der Waals surface area (Å²) in [5.41, 5.74) is 5.86. The van der Waals surface area contributed by atoms with Crippen molar-refractivity contribution in [3.8, 4) is 11.5 Å². The summed E-state index contributed by atoms with van der Waals surface area (Å²) in [6.45, 7) is 0. The Bertz CT molecular complexity index is 666. The van der Waals surface area contributed by atoms with Gasteiger partial charge in [0.1, 0.15) is 17.4 Å². The van der Waals surface area contributed by atoms with E-state index in [1.807, 2.05) is 0 Å². The van der Waals surface area contributed by atoms with Crippen LogP contribution in [0.15, 0.2) is 36.4 Å². The van der Waals surface area contributed by atoms with Gasteiger partial charge in [0.15, 0.2) is 0 Å². The van der Waals surface area contributed by atoms with E-state index < -0.39 is 0 Å². The molecule has 22 heavy (non-hydrogen) atoms. The summed E-state index contributed by atoms with van der Waals surface area (Å²) < 4.78 is 0. The summed E-state index contributed by atoms with van der Waals surface area (Å²) in [5.74, 6) is -0.520. The van der Waals surface area contributed by atoms with E-state index in [-0.39, 0.29) is 29.0 Å². The Labute approximate surface area is 142 Å². The summed E-state index contributed by atoms with van der Waals surface area (Å²) in [6, 6.07) is 8.89. The van der Waals surface area contributed by atoms with Gasteiger partial charge in [0, 0.05) is 10.0 Å². The lowest BCUT2D eigenvalue weighted by molar-refractivity contribution is -0.113. The molecule has 0 spiro atoms. The minimum atomic E-state index is -0.390. The Hall–Kier alpha value is -1.82. The van der Waals surface area contributed by atoms with Crippen LogP contribution in [0.2, 0.25) is 10.0 Å². The second kappa shape index (κ2) is 8.58. The summed E-state index contributed by atoms with van der Waals surface area (Å²) in [7, 11) is 0. The molecule has 0 unspecified atom stereocenters. The fraction of sp³-hybridized carbons (Fsp3) is 0.0714. The first-order valence-electron chi connectivity index (χ1n) is 5.91. The number of nitrogens with one attached hydrogen (secondary N) is 1. The summed E-state index contributed by atoms with van der Waals surface area (Å²) >= 11 is 16.4. The molecule has 0 saturated carbocycles. The largest absolute Gasteiger partial charge is 0.506 e. The van der Waals surface area contributed by atoms with Crippen molar-refractivity contribution in [3.05, 3.63) is 46.4 Å². The second-order valence-corrected chi connectivity index (χ2v) is 5.19. The van der Waals surface area contributed by atoms with Crippen molar-refractivity contribution in [1.82, 2.24) is 0 Å². The maximum atomic E-state index is 10.8. The Morgan fingerprint density at radius 3 is 2.09 bits per heavy atom. The quantitative estimate of drug-likeness (QED) is 0.370. The lowest BCUT2D eigenvalue weighted by Gasteiger charge is -2.05. The van der Waals surface area contributed by atoms with E-state index in [1.54, 1.807) is 6.07 Å². The molecule has 0 aliphatic heterocycles. The molecule has 0 heterocycles. The number of phenolic OH excluding ortho intramolecular Hbond substituents is 2. The van der Waals surface area contributed by atoms with Gasteiger partial charge < -0.3 is 21.3 Å². The van der Waals surface area contributed by atoms with Gasteiger partial charge in [0.2, 0.25) is 5.91 Å². The van der Waals surface area contributed by atoms with Crippen molar-refractivity contribution in [3.63, 3.8) is 0 Å². The van der Waals surface area contributed by atoms with E-state index in [9.17, 15) is 9.90 Å². The number of phenols is 2. The molecule has 2 aromatic carbocycles. The maximum Gasteiger partial charge on any atom is 0.239 e. The third-order valence-electron chi connectivity index (χ3n) is 2.34. The molecule has 1 amide bonds. The highest BCUT2D eigenvalue weighted by Crippen LogP contribution is 2.26. The van der Waals surface area contributed by atoms with Crippen LogP contribution in [0.4, 0.5) is 11.4 Å². The number of amides is 1. The van der Waals surface area contributed by atoms with Crippen molar-refractivity contribution >= 4 is 52.1 Å². The Morgan fingerprint density at radius 1 is 1.05 bits per heavy atom. The molecule has 0 aliphatic rings. The molecule has 0 aliphatic carbocycles. The first kappa shape index (κ1) is 18.2. The number of hydrogen-bond donors (Lipinski definition) is 4.